The molecule has 0 aromatic heterocycles. The lowest BCUT2D eigenvalue weighted by molar-refractivity contribution is -0.119. The average Bonchev–Trinajstić information content (AvgIpc) is 2.59. The van der Waals surface area contributed by atoms with E-state index in [4.69, 9.17) is 11.6 Å². The van der Waals surface area contributed by atoms with Crippen LogP contribution < -0.4 is 9.62 Å². The molecule has 2 rings (SSSR count). The van der Waals surface area contributed by atoms with E-state index in [1.54, 1.807) is 25.1 Å². The fourth-order valence-corrected chi connectivity index (χ4v) is 5.36. The highest BCUT2D eigenvalue weighted by Gasteiger charge is 2.22. The van der Waals surface area contributed by atoms with E-state index in [1.165, 1.54) is 32.1 Å². The van der Waals surface area contributed by atoms with E-state index in [-0.39, 0.29) is 12.5 Å². The summed E-state index contributed by atoms with van der Waals surface area (Å²) in [5, 5.41) is 3.96. The maximum Gasteiger partial charge on any atom is 0.240 e. The fraction of sp³-hybridized carbons (Fsp3) is 0.611. The van der Waals surface area contributed by atoms with E-state index in [0.29, 0.717) is 22.5 Å². The number of nitrogens with zero attached hydrogens (tertiary/aromatic N) is 1. The lowest BCUT2D eigenvalue weighted by Crippen LogP contribution is -2.41. The van der Waals surface area contributed by atoms with E-state index in [2.05, 4.69) is 5.32 Å². The van der Waals surface area contributed by atoms with Crippen molar-refractivity contribution in [2.45, 2.75) is 44.3 Å². The zero-order chi connectivity index (χ0) is 19.2. The van der Waals surface area contributed by atoms with Gasteiger partial charge in [0.1, 0.15) is 6.54 Å². The van der Waals surface area contributed by atoms with Gasteiger partial charge in [-0.3, -0.25) is 9.10 Å². The largest absolute Gasteiger partial charge is 0.354 e. The second-order valence-electron chi connectivity index (χ2n) is 6.68. The predicted molar refractivity (Wildman–Crippen MR) is 111 cm³/mol. The van der Waals surface area contributed by atoms with Crippen molar-refractivity contribution in [3.8, 4) is 0 Å². The number of sulfonamides is 1. The molecule has 1 saturated carbocycles. The van der Waals surface area contributed by atoms with Crippen molar-refractivity contribution in [1.29, 1.82) is 0 Å². The van der Waals surface area contributed by atoms with Crippen molar-refractivity contribution in [1.82, 2.24) is 5.32 Å². The van der Waals surface area contributed by atoms with Crippen molar-refractivity contribution >= 4 is 45.0 Å². The lowest BCUT2D eigenvalue weighted by Gasteiger charge is -2.24. The molecule has 0 bridgehead atoms. The molecule has 0 heterocycles. The Labute approximate surface area is 165 Å². The number of carbonyl (C=O) groups excluding carboxylic acids is 1. The molecule has 1 N–H and O–H groups in total. The van der Waals surface area contributed by atoms with Gasteiger partial charge in [-0.05, 0) is 37.5 Å². The van der Waals surface area contributed by atoms with Gasteiger partial charge in [-0.15, -0.1) is 0 Å². The number of anilines is 1. The highest BCUT2D eigenvalue weighted by molar-refractivity contribution is 7.99. The standard InChI is InChI=1S/C18H27ClN2O3S2/c1-14-8-9-15(19)12-17(14)21(26(2,23)24)13-18(22)20-10-11-25-16-6-4-3-5-7-16/h8-9,12,16H,3-7,10-11,13H2,1-2H3,(H,20,22). The molecule has 26 heavy (non-hydrogen) atoms. The van der Waals surface area contributed by atoms with Crippen molar-refractivity contribution in [3.05, 3.63) is 28.8 Å². The van der Waals surface area contributed by atoms with Gasteiger partial charge in [-0.25, -0.2) is 8.42 Å². The Morgan fingerprint density at radius 3 is 2.65 bits per heavy atom. The fourth-order valence-electron chi connectivity index (χ4n) is 3.07. The lowest BCUT2D eigenvalue weighted by atomic mass is 10.0. The normalized spacial score (nSPS) is 15.7. The Morgan fingerprint density at radius 2 is 2.00 bits per heavy atom. The molecule has 0 saturated heterocycles. The minimum Gasteiger partial charge on any atom is -0.354 e. The molecule has 146 valence electrons. The van der Waals surface area contributed by atoms with Gasteiger partial charge in [-0.1, -0.05) is 36.9 Å². The molecule has 5 nitrogen and oxygen atoms in total. The van der Waals surface area contributed by atoms with Crippen molar-refractivity contribution < 1.29 is 13.2 Å². The number of amides is 1. The van der Waals surface area contributed by atoms with Crippen LogP contribution in [0.3, 0.4) is 0 Å². The molecule has 0 spiro atoms. The molecule has 0 atom stereocenters. The van der Waals surface area contributed by atoms with Gasteiger partial charge in [0.05, 0.1) is 11.9 Å². The first kappa shape index (κ1) is 21.4. The van der Waals surface area contributed by atoms with E-state index < -0.39 is 10.0 Å². The van der Waals surface area contributed by atoms with Crippen molar-refractivity contribution in [2.75, 3.05) is 29.4 Å². The van der Waals surface area contributed by atoms with E-state index in [9.17, 15) is 13.2 Å². The summed E-state index contributed by atoms with van der Waals surface area (Å²) < 4.78 is 25.4. The number of halogens is 1. The molecule has 1 aromatic carbocycles. The summed E-state index contributed by atoms with van der Waals surface area (Å²) in [6.07, 6.45) is 7.54. The average molecular weight is 419 g/mol. The van der Waals surface area contributed by atoms with Crippen molar-refractivity contribution in [2.24, 2.45) is 0 Å². The Hall–Kier alpha value is -0.920. The summed E-state index contributed by atoms with van der Waals surface area (Å²) in [5.74, 6) is 0.546. The second kappa shape index (κ2) is 9.85. The SMILES string of the molecule is Cc1ccc(Cl)cc1N(CC(=O)NCCSC1CCCCC1)S(C)(=O)=O. The van der Waals surface area contributed by atoms with Crippen LogP contribution in [0.5, 0.6) is 0 Å². The Morgan fingerprint density at radius 1 is 1.31 bits per heavy atom. The first-order valence-electron chi connectivity index (χ1n) is 8.89. The summed E-state index contributed by atoms with van der Waals surface area (Å²) in [6.45, 7) is 2.10. The number of hydrogen-bond donors (Lipinski definition) is 1. The highest BCUT2D eigenvalue weighted by Crippen LogP contribution is 2.28. The van der Waals surface area contributed by atoms with Gasteiger partial charge >= 0.3 is 0 Å². The van der Waals surface area contributed by atoms with E-state index >= 15 is 0 Å². The van der Waals surface area contributed by atoms with Crippen LogP contribution in [-0.2, 0) is 14.8 Å². The zero-order valence-electron chi connectivity index (χ0n) is 15.3. The monoisotopic (exact) mass is 418 g/mol. The molecule has 0 aliphatic heterocycles. The van der Waals surface area contributed by atoms with Crippen LogP contribution >= 0.6 is 23.4 Å². The zero-order valence-corrected chi connectivity index (χ0v) is 17.7. The number of hydrogen-bond acceptors (Lipinski definition) is 4. The molecule has 0 unspecified atom stereocenters. The predicted octanol–water partition coefficient (Wildman–Crippen LogP) is 3.60. The second-order valence-corrected chi connectivity index (χ2v) is 10.4. The number of benzene rings is 1. The van der Waals surface area contributed by atoms with Crippen LogP contribution in [0.4, 0.5) is 5.69 Å². The summed E-state index contributed by atoms with van der Waals surface area (Å²) in [6, 6.07) is 5.02. The Kier molecular flexibility index (Phi) is 8.10. The highest BCUT2D eigenvalue weighted by atomic mass is 35.5. The first-order chi connectivity index (χ1) is 12.3. The molecule has 1 aliphatic rings. The van der Waals surface area contributed by atoms with Crippen LogP contribution in [0.2, 0.25) is 5.02 Å². The van der Waals surface area contributed by atoms with Gasteiger partial charge in [0, 0.05) is 22.6 Å². The first-order valence-corrected chi connectivity index (χ1v) is 12.2. The number of aryl methyl sites for hydroxylation is 1. The number of thioether (sulfide) groups is 1. The van der Waals surface area contributed by atoms with E-state index in [1.807, 2.05) is 11.8 Å². The van der Waals surface area contributed by atoms with E-state index in [0.717, 1.165) is 21.9 Å². The molecule has 0 radical (unpaired) electrons. The van der Waals surface area contributed by atoms with Crippen LogP contribution in [-0.4, -0.2) is 44.7 Å². The summed E-state index contributed by atoms with van der Waals surface area (Å²) >= 11 is 7.90. The molecular formula is C18H27ClN2O3S2. The molecule has 8 heteroatoms. The minimum atomic E-state index is -3.59. The molecule has 1 aromatic rings. The Balaban J connectivity index is 1.89. The van der Waals surface area contributed by atoms with Gasteiger partial charge < -0.3 is 5.32 Å². The van der Waals surface area contributed by atoms with Crippen LogP contribution in [0, 0.1) is 6.92 Å². The third-order valence-electron chi connectivity index (χ3n) is 4.46. The third kappa shape index (κ3) is 6.67. The van der Waals surface area contributed by atoms with Crippen LogP contribution in [0.25, 0.3) is 0 Å². The van der Waals surface area contributed by atoms with Gasteiger partial charge in [0.15, 0.2) is 0 Å². The topological polar surface area (TPSA) is 66.5 Å². The van der Waals surface area contributed by atoms with Crippen LogP contribution in [0.15, 0.2) is 18.2 Å². The maximum atomic E-state index is 12.3. The maximum absolute atomic E-state index is 12.3. The molecule has 1 aliphatic carbocycles. The summed E-state index contributed by atoms with van der Waals surface area (Å²) in [5.41, 5.74) is 1.19. The molecular weight excluding hydrogens is 392 g/mol. The van der Waals surface area contributed by atoms with Gasteiger partial charge in [-0.2, -0.15) is 11.8 Å². The summed E-state index contributed by atoms with van der Waals surface area (Å²) in [4.78, 5) is 12.3. The quantitative estimate of drug-likeness (QED) is 0.655. The Bertz CT molecular complexity index is 719. The number of nitrogens with one attached hydrogen (secondary N) is 1. The summed E-state index contributed by atoms with van der Waals surface area (Å²) in [7, 11) is -3.59. The number of carbonyl (C=O) groups is 1. The van der Waals surface area contributed by atoms with Gasteiger partial charge in [0.2, 0.25) is 15.9 Å². The molecule has 1 amide bonds. The molecule has 1 fully saturated rings. The minimum absolute atomic E-state index is 0.242. The third-order valence-corrected chi connectivity index (χ3v) is 7.20. The smallest absolute Gasteiger partial charge is 0.240 e. The van der Waals surface area contributed by atoms with Gasteiger partial charge in [0.25, 0.3) is 0 Å². The van der Waals surface area contributed by atoms with Crippen molar-refractivity contribution in [3.63, 3.8) is 0 Å². The number of rotatable bonds is 8. The van der Waals surface area contributed by atoms with Crippen LogP contribution in [0.1, 0.15) is 37.7 Å².